The van der Waals surface area contributed by atoms with E-state index in [1.807, 2.05) is 60.7 Å². The third-order valence-corrected chi connectivity index (χ3v) is 4.20. The van der Waals surface area contributed by atoms with Crippen molar-refractivity contribution < 1.29 is 14.3 Å². The van der Waals surface area contributed by atoms with Crippen LogP contribution in [-0.4, -0.2) is 18.4 Å². The van der Waals surface area contributed by atoms with Crippen molar-refractivity contribution in [1.82, 2.24) is 0 Å². The number of benzene rings is 2. The highest BCUT2D eigenvalue weighted by Gasteiger charge is 2.51. The second-order valence-electron chi connectivity index (χ2n) is 5.58. The number of hydrogen-bond donors (Lipinski definition) is 0. The molecule has 2 heterocycles. The molecule has 0 aromatic heterocycles. The number of rotatable bonds is 2. The molecule has 2 aromatic rings. The molecule has 1 unspecified atom stereocenters. The van der Waals surface area contributed by atoms with Crippen LogP contribution in [0.15, 0.2) is 60.7 Å². The first-order valence-electron chi connectivity index (χ1n) is 7.53. The maximum Gasteiger partial charge on any atom is 0.342 e. The number of ether oxygens (including phenoxy) is 2. The van der Waals surface area contributed by atoms with Gasteiger partial charge in [0.2, 0.25) is 5.79 Å². The summed E-state index contributed by atoms with van der Waals surface area (Å²) in [6.07, 6.45) is 1.60. The summed E-state index contributed by atoms with van der Waals surface area (Å²) in [4.78, 5) is 12.6. The van der Waals surface area contributed by atoms with Crippen molar-refractivity contribution in [3.63, 3.8) is 0 Å². The van der Waals surface area contributed by atoms with Gasteiger partial charge in [-0.05, 0) is 17.5 Å². The Kier molecular flexibility index (Phi) is 3.09. The number of esters is 1. The lowest BCUT2D eigenvalue weighted by molar-refractivity contribution is -0.178. The summed E-state index contributed by atoms with van der Waals surface area (Å²) in [7, 11) is 0. The molecule has 3 nitrogen and oxygen atoms in total. The topological polar surface area (TPSA) is 35.5 Å². The SMILES string of the molecule is O=C1OC2(CCCO2)C(c2ccccc2)=C1c1ccccc1. The van der Waals surface area contributed by atoms with Gasteiger partial charge in [0.1, 0.15) is 0 Å². The maximum absolute atomic E-state index is 12.6. The molecule has 2 aliphatic heterocycles. The van der Waals surface area contributed by atoms with Crippen LogP contribution in [0.2, 0.25) is 0 Å². The van der Waals surface area contributed by atoms with Crippen molar-refractivity contribution in [3.05, 3.63) is 71.8 Å². The molecule has 0 radical (unpaired) electrons. The smallest absolute Gasteiger partial charge is 0.342 e. The highest BCUT2D eigenvalue weighted by atomic mass is 16.7. The first kappa shape index (κ1) is 13.3. The lowest BCUT2D eigenvalue weighted by Crippen LogP contribution is -2.30. The fourth-order valence-electron chi connectivity index (χ4n) is 3.27. The van der Waals surface area contributed by atoms with Gasteiger partial charge in [-0.15, -0.1) is 0 Å². The summed E-state index contributed by atoms with van der Waals surface area (Å²) < 4.78 is 11.6. The predicted octanol–water partition coefficient (Wildman–Crippen LogP) is 3.66. The summed E-state index contributed by atoms with van der Waals surface area (Å²) >= 11 is 0. The van der Waals surface area contributed by atoms with E-state index in [0.717, 1.165) is 23.1 Å². The van der Waals surface area contributed by atoms with Crippen LogP contribution in [0.1, 0.15) is 24.0 Å². The quantitative estimate of drug-likeness (QED) is 0.792. The number of hydrogen-bond acceptors (Lipinski definition) is 3. The Bertz CT molecular complexity index is 726. The van der Waals surface area contributed by atoms with Crippen LogP contribution < -0.4 is 0 Å². The average molecular weight is 292 g/mol. The van der Waals surface area contributed by atoms with Gasteiger partial charge >= 0.3 is 5.97 Å². The van der Waals surface area contributed by atoms with E-state index >= 15 is 0 Å². The molecule has 0 N–H and O–H groups in total. The summed E-state index contributed by atoms with van der Waals surface area (Å²) in [5.41, 5.74) is 3.34. The van der Waals surface area contributed by atoms with Gasteiger partial charge in [-0.1, -0.05) is 60.7 Å². The van der Waals surface area contributed by atoms with Crippen molar-refractivity contribution in [2.75, 3.05) is 6.61 Å². The van der Waals surface area contributed by atoms with Crippen LogP contribution >= 0.6 is 0 Å². The molecular formula is C19H16O3. The Balaban J connectivity index is 1.97. The van der Waals surface area contributed by atoms with Gasteiger partial charge in [0.05, 0.1) is 12.2 Å². The molecule has 2 aliphatic rings. The zero-order valence-electron chi connectivity index (χ0n) is 12.1. The Hall–Kier alpha value is -2.39. The van der Waals surface area contributed by atoms with Crippen molar-refractivity contribution in [1.29, 1.82) is 0 Å². The van der Waals surface area contributed by atoms with Crippen molar-refractivity contribution in [2.45, 2.75) is 18.6 Å². The lowest BCUT2D eigenvalue weighted by atomic mass is 9.90. The third kappa shape index (κ3) is 1.97. The van der Waals surface area contributed by atoms with Gasteiger partial charge in [0, 0.05) is 12.0 Å². The third-order valence-electron chi connectivity index (χ3n) is 4.20. The van der Waals surface area contributed by atoms with E-state index in [1.165, 1.54) is 0 Å². The van der Waals surface area contributed by atoms with Gasteiger partial charge in [-0.25, -0.2) is 4.79 Å². The minimum absolute atomic E-state index is 0.299. The van der Waals surface area contributed by atoms with Crippen molar-refractivity contribution in [3.8, 4) is 0 Å². The Labute approximate surface area is 129 Å². The molecule has 4 rings (SSSR count). The van der Waals surface area contributed by atoms with Crippen LogP contribution in [0.4, 0.5) is 0 Å². The van der Waals surface area contributed by atoms with E-state index in [0.29, 0.717) is 18.6 Å². The second-order valence-corrected chi connectivity index (χ2v) is 5.58. The van der Waals surface area contributed by atoms with E-state index in [4.69, 9.17) is 9.47 Å². The Morgan fingerprint density at radius 1 is 0.864 bits per heavy atom. The fourth-order valence-corrected chi connectivity index (χ4v) is 3.27. The van der Waals surface area contributed by atoms with Crippen LogP contribution in [0.3, 0.4) is 0 Å². The fraction of sp³-hybridized carbons (Fsp3) is 0.211. The van der Waals surface area contributed by atoms with Gasteiger partial charge in [-0.3, -0.25) is 0 Å². The number of carbonyl (C=O) groups excluding carboxylic acids is 1. The maximum atomic E-state index is 12.6. The van der Waals surface area contributed by atoms with E-state index in [-0.39, 0.29) is 5.97 Å². The highest BCUT2D eigenvalue weighted by Crippen LogP contribution is 2.49. The zero-order valence-corrected chi connectivity index (χ0v) is 12.1. The van der Waals surface area contributed by atoms with Crippen molar-refractivity contribution in [2.24, 2.45) is 0 Å². The van der Waals surface area contributed by atoms with E-state index < -0.39 is 5.79 Å². The van der Waals surface area contributed by atoms with E-state index in [9.17, 15) is 4.79 Å². The molecule has 22 heavy (non-hydrogen) atoms. The molecule has 0 amide bonds. The van der Waals surface area contributed by atoms with E-state index in [1.54, 1.807) is 0 Å². The molecule has 110 valence electrons. The van der Waals surface area contributed by atoms with E-state index in [2.05, 4.69) is 0 Å². The predicted molar refractivity (Wildman–Crippen MR) is 83.7 cm³/mol. The van der Waals surface area contributed by atoms with Crippen molar-refractivity contribution >= 4 is 17.1 Å². The standard InChI is InChI=1S/C19H16O3/c20-18-16(14-8-3-1-4-9-14)17(15-10-5-2-6-11-15)19(22-18)12-7-13-21-19/h1-6,8-11H,7,12-13H2. The number of carbonyl (C=O) groups is 1. The summed E-state index contributed by atoms with van der Waals surface area (Å²) in [6, 6.07) is 19.6. The molecule has 0 bridgehead atoms. The van der Waals surface area contributed by atoms with Gasteiger partial charge in [0.15, 0.2) is 0 Å². The highest BCUT2D eigenvalue weighted by molar-refractivity contribution is 6.28. The molecule has 3 heteroatoms. The first-order valence-corrected chi connectivity index (χ1v) is 7.53. The largest absolute Gasteiger partial charge is 0.425 e. The molecular weight excluding hydrogens is 276 g/mol. The second kappa shape index (κ2) is 5.11. The molecule has 0 saturated carbocycles. The zero-order chi connectivity index (χ0) is 15.0. The summed E-state index contributed by atoms with van der Waals surface area (Å²) in [5, 5.41) is 0. The van der Waals surface area contributed by atoms with Gasteiger partial charge in [0.25, 0.3) is 0 Å². The van der Waals surface area contributed by atoms with Crippen LogP contribution in [-0.2, 0) is 14.3 Å². The average Bonchev–Trinajstić information content (AvgIpc) is 3.14. The lowest BCUT2D eigenvalue weighted by Gasteiger charge is -2.25. The normalized spacial score (nSPS) is 24.1. The Morgan fingerprint density at radius 2 is 1.50 bits per heavy atom. The minimum atomic E-state index is -0.913. The minimum Gasteiger partial charge on any atom is -0.425 e. The Morgan fingerprint density at radius 3 is 2.09 bits per heavy atom. The van der Waals surface area contributed by atoms with Gasteiger partial charge < -0.3 is 9.47 Å². The molecule has 1 saturated heterocycles. The molecule has 2 aromatic carbocycles. The first-order chi connectivity index (χ1) is 10.8. The summed E-state index contributed by atoms with van der Waals surface area (Å²) in [5.74, 6) is -1.21. The van der Waals surface area contributed by atoms with Crippen LogP contribution in [0, 0.1) is 0 Å². The molecule has 1 fully saturated rings. The van der Waals surface area contributed by atoms with Crippen LogP contribution in [0.25, 0.3) is 11.1 Å². The van der Waals surface area contributed by atoms with Crippen LogP contribution in [0.5, 0.6) is 0 Å². The summed E-state index contributed by atoms with van der Waals surface area (Å²) in [6.45, 7) is 0.617. The molecule has 1 spiro atoms. The molecule has 1 atom stereocenters. The van der Waals surface area contributed by atoms with Gasteiger partial charge in [-0.2, -0.15) is 0 Å². The monoisotopic (exact) mass is 292 g/mol. The molecule has 0 aliphatic carbocycles.